The number of aryl methyl sites for hydroxylation is 1. The van der Waals surface area contributed by atoms with Gasteiger partial charge in [0.1, 0.15) is 11.6 Å². The maximum absolute atomic E-state index is 12.4. The van der Waals surface area contributed by atoms with Gasteiger partial charge in [-0.3, -0.25) is 4.79 Å². The molecule has 8 heteroatoms. The van der Waals surface area contributed by atoms with Gasteiger partial charge >= 0.3 is 5.97 Å². The van der Waals surface area contributed by atoms with Gasteiger partial charge in [-0.2, -0.15) is 5.26 Å². The second kappa shape index (κ2) is 8.63. The van der Waals surface area contributed by atoms with Gasteiger partial charge in [0.25, 0.3) is 5.56 Å². The summed E-state index contributed by atoms with van der Waals surface area (Å²) in [5.74, 6) is -0.0254. The van der Waals surface area contributed by atoms with Gasteiger partial charge in [-0.25, -0.2) is 9.78 Å². The van der Waals surface area contributed by atoms with Crippen LogP contribution in [0.2, 0.25) is 0 Å². The number of esters is 1. The molecule has 0 amide bonds. The second-order valence-corrected chi connectivity index (χ2v) is 6.83. The van der Waals surface area contributed by atoms with Crippen molar-refractivity contribution in [3.8, 4) is 28.8 Å². The molecule has 1 N–H and O–H groups in total. The van der Waals surface area contributed by atoms with Crippen LogP contribution in [0.4, 0.5) is 0 Å². The fourth-order valence-corrected chi connectivity index (χ4v) is 2.99. The quantitative estimate of drug-likeness (QED) is 0.298. The molecule has 0 saturated heterocycles. The Morgan fingerprint density at radius 2 is 1.90 bits per heavy atom. The van der Waals surface area contributed by atoms with E-state index in [0.717, 1.165) is 5.56 Å². The van der Waals surface area contributed by atoms with Crippen LogP contribution in [0.1, 0.15) is 21.5 Å². The first kappa shape index (κ1) is 20.2. The number of aromatic amines is 1. The van der Waals surface area contributed by atoms with Gasteiger partial charge in [-0.1, -0.05) is 29.5 Å². The highest BCUT2D eigenvalue weighted by Crippen LogP contribution is 2.33. The Balaban J connectivity index is 1.99. The minimum absolute atomic E-state index is 0.103. The Morgan fingerprint density at radius 1 is 1.17 bits per heavy atom. The van der Waals surface area contributed by atoms with Crippen molar-refractivity contribution in [2.45, 2.75) is 12.1 Å². The summed E-state index contributed by atoms with van der Waals surface area (Å²) >= 11 is 1.25. The predicted octanol–water partition coefficient (Wildman–Crippen LogP) is 3.57. The van der Waals surface area contributed by atoms with Crippen molar-refractivity contribution in [3.05, 3.63) is 69.5 Å². The summed E-state index contributed by atoms with van der Waals surface area (Å²) in [6.07, 6.45) is 1.77. The number of thioether (sulfide) groups is 1. The molecule has 0 aliphatic heterocycles. The number of methoxy groups -OCH3 is 1. The van der Waals surface area contributed by atoms with E-state index in [-0.39, 0.29) is 22.8 Å². The van der Waals surface area contributed by atoms with Crippen LogP contribution in [0.5, 0.6) is 11.5 Å². The Morgan fingerprint density at radius 3 is 2.52 bits per heavy atom. The van der Waals surface area contributed by atoms with Crippen LogP contribution in [0, 0.1) is 18.3 Å². The molecule has 0 aliphatic carbocycles. The van der Waals surface area contributed by atoms with Crippen LogP contribution in [-0.4, -0.2) is 29.3 Å². The molecule has 1 heterocycles. The molecule has 29 heavy (non-hydrogen) atoms. The smallest absolute Gasteiger partial charge is 0.343 e. The third kappa shape index (κ3) is 4.31. The average Bonchev–Trinajstić information content (AvgIpc) is 2.73. The molecule has 2 aromatic carbocycles. The summed E-state index contributed by atoms with van der Waals surface area (Å²) in [7, 11) is 1.44. The zero-order valence-corrected chi connectivity index (χ0v) is 16.8. The number of H-pyrrole nitrogens is 1. The van der Waals surface area contributed by atoms with Gasteiger partial charge in [-0.15, -0.1) is 0 Å². The minimum Gasteiger partial charge on any atom is -0.493 e. The van der Waals surface area contributed by atoms with Crippen molar-refractivity contribution in [2.24, 2.45) is 0 Å². The number of hydrogen-bond donors (Lipinski definition) is 1. The van der Waals surface area contributed by atoms with Crippen LogP contribution in [0.3, 0.4) is 0 Å². The monoisotopic (exact) mass is 407 g/mol. The van der Waals surface area contributed by atoms with Gasteiger partial charge in [0.2, 0.25) is 0 Å². The number of aromatic nitrogens is 2. The number of hydrogen-bond acceptors (Lipinski definition) is 7. The lowest BCUT2D eigenvalue weighted by molar-refractivity contribution is 0.0729. The van der Waals surface area contributed by atoms with Gasteiger partial charge < -0.3 is 14.5 Å². The Bertz CT molecular complexity index is 1160. The van der Waals surface area contributed by atoms with Crippen molar-refractivity contribution < 1.29 is 14.3 Å². The fourth-order valence-electron chi connectivity index (χ4n) is 2.61. The lowest BCUT2D eigenvalue weighted by Gasteiger charge is -2.12. The molecule has 3 aromatic rings. The van der Waals surface area contributed by atoms with Crippen molar-refractivity contribution in [1.82, 2.24) is 9.97 Å². The van der Waals surface area contributed by atoms with Crippen molar-refractivity contribution >= 4 is 17.7 Å². The first-order valence-corrected chi connectivity index (χ1v) is 9.75. The summed E-state index contributed by atoms with van der Waals surface area (Å²) < 4.78 is 10.8. The molecule has 0 unspecified atom stereocenters. The number of nitrogens with one attached hydrogen (secondary N) is 1. The normalized spacial score (nSPS) is 10.3. The zero-order valence-electron chi connectivity index (χ0n) is 16.0. The van der Waals surface area contributed by atoms with Crippen LogP contribution in [0.25, 0.3) is 11.3 Å². The van der Waals surface area contributed by atoms with Crippen LogP contribution >= 0.6 is 11.8 Å². The maximum atomic E-state index is 12.4. The summed E-state index contributed by atoms with van der Waals surface area (Å²) in [5, 5.41) is 9.74. The molecule has 0 bridgehead atoms. The summed E-state index contributed by atoms with van der Waals surface area (Å²) in [6.45, 7) is 1.93. The Labute approximate surface area is 171 Å². The summed E-state index contributed by atoms with van der Waals surface area (Å²) in [5.41, 5.74) is 1.55. The van der Waals surface area contributed by atoms with E-state index >= 15 is 0 Å². The summed E-state index contributed by atoms with van der Waals surface area (Å²) in [4.78, 5) is 31.4. The number of carbonyl (C=O) groups is 1. The Hall–Kier alpha value is -3.57. The first-order chi connectivity index (χ1) is 14.0. The summed E-state index contributed by atoms with van der Waals surface area (Å²) in [6, 6.07) is 13.6. The second-order valence-electron chi connectivity index (χ2n) is 6.03. The Kier molecular flexibility index (Phi) is 6.00. The van der Waals surface area contributed by atoms with Gasteiger partial charge in [0, 0.05) is 5.56 Å². The molecular weight excluding hydrogens is 390 g/mol. The molecular formula is C21H17N3O4S. The average molecular weight is 407 g/mol. The topological polar surface area (TPSA) is 105 Å². The molecule has 0 saturated carbocycles. The predicted molar refractivity (Wildman–Crippen MR) is 109 cm³/mol. The highest BCUT2D eigenvalue weighted by Gasteiger charge is 2.17. The molecule has 1 aromatic heterocycles. The van der Waals surface area contributed by atoms with E-state index < -0.39 is 11.5 Å². The molecule has 0 aliphatic rings. The molecule has 0 atom stereocenters. The lowest BCUT2D eigenvalue weighted by Crippen LogP contribution is -2.14. The van der Waals surface area contributed by atoms with Crippen LogP contribution in [0.15, 0.2) is 52.4 Å². The van der Waals surface area contributed by atoms with Crippen molar-refractivity contribution in [1.29, 1.82) is 5.26 Å². The molecule has 0 fully saturated rings. The standard InChI is InChI=1S/C21H17N3O4S/c1-12-4-6-13(7-5-12)20(26)28-16-9-8-14(10-17(16)27-2)18-15(11-22)19(25)24-21(23-18)29-3/h4-10H,1-3H3,(H,23,24,25). The van der Waals surface area contributed by atoms with E-state index in [1.165, 1.54) is 18.9 Å². The highest BCUT2D eigenvalue weighted by atomic mass is 32.2. The fraction of sp³-hybridized carbons (Fsp3) is 0.143. The van der Waals surface area contributed by atoms with E-state index in [9.17, 15) is 14.9 Å². The van der Waals surface area contributed by atoms with Gasteiger partial charge in [0.05, 0.1) is 18.4 Å². The molecule has 0 spiro atoms. The number of nitriles is 1. The van der Waals surface area contributed by atoms with E-state index in [1.807, 2.05) is 25.1 Å². The van der Waals surface area contributed by atoms with Gasteiger partial charge in [-0.05, 0) is 43.5 Å². The van der Waals surface area contributed by atoms with Crippen molar-refractivity contribution in [3.63, 3.8) is 0 Å². The molecule has 7 nitrogen and oxygen atoms in total. The van der Waals surface area contributed by atoms with E-state index in [0.29, 0.717) is 16.3 Å². The number of nitrogens with zero attached hydrogens (tertiary/aromatic N) is 2. The third-order valence-electron chi connectivity index (χ3n) is 4.13. The van der Waals surface area contributed by atoms with Crippen molar-refractivity contribution in [2.75, 3.05) is 13.4 Å². The van der Waals surface area contributed by atoms with E-state index in [1.54, 1.807) is 36.6 Å². The van der Waals surface area contributed by atoms with E-state index in [2.05, 4.69) is 9.97 Å². The highest BCUT2D eigenvalue weighted by molar-refractivity contribution is 7.98. The molecule has 3 rings (SSSR count). The minimum atomic E-state index is -0.521. The number of carbonyl (C=O) groups excluding carboxylic acids is 1. The zero-order chi connectivity index (χ0) is 21.0. The molecule has 146 valence electrons. The van der Waals surface area contributed by atoms with E-state index in [4.69, 9.17) is 9.47 Å². The third-order valence-corrected chi connectivity index (χ3v) is 4.71. The first-order valence-electron chi connectivity index (χ1n) is 8.52. The maximum Gasteiger partial charge on any atom is 0.343 e. The van der Waals surface area contributed by atoms with Crippen LogP contribution in [-0.2, 0) is 0 Å². The lowest BCUT2D eigenvalue weighted by atomic mass is 10.1. The largest absolute Gasteiger partial charge is 0.493 e. The SMILES string of the molecule is COc1cc(-c2nc(SC)[nH]c(=O)c2C#N)ccc1OC(=O)c1ccc(C)cc1. The molecule has 0 radical (unpaired) electrons. The number of rotatable bonds is 5. The van der Waals surface area contributed by atoms with Crippen LogP contribution < -0.4 is 15.0 Å². The van der Waals surface area contributed by atoms with Gasteiger partial charge in [0.15, 0.2) is 16.7 Å². The number of ether oxygens (including phenoxy) is 2. The number of benzene rings is 2.